The van der Waals surface area contributed by atoms with Gasteiger partial charge in [-0.1, -0.05) is 19.3 Å². The van der Waals surface area contributed by atoms with Gasteiger partial charge in [0.25, 0.3) is 11.5 Å². The Morgan fingerprint density at radius 1 is 1.00 bits per heavy atom. The van der Waals surface area contributed by atoms with Crippen molar-refractivity contribution >= 4 is 33.3 Å². The van der Waals surface area contributed by atoms with Gasteiger partial charge in [-0.05, 0) is 57.0 Å². The number of anilines is 1. The van der Waals surface area contributed by atoms with Crippen LogP contribution in [0.2, 0.25) is 0 Å². The minimum absolute atomic E-state index is 0.00105. The molecule has 0 atom stereocenters. The Bertz CT molecular complexity index is 1180. The fourth-order valence-electron chi connectivity index (χ4n) is 4.69. The second-order valence-electron chi connectivity index (χ2n) is 8.82. The molecule has 0 spiro atoms. The van der Waals surface area contributed by atoms with Crippen LogP contribution in [0.4, 0.5) is 5.13 Å². The normalized spacial score (nSPS) is 17.5. The first-order valence-electron chi connectivity index (χ1n) is 11.7. The molecule has 0 aliphatic carbocycles. The quantitative estimate of drug-likeness (QED) is 0.643. The Kier molecular flexibility index (Phi) is 6.32. The van der Waals surface area contributed by atoms with Crippen molar-refractivity contribution in [3.05, 3.63) is 51.0 Å². The van der Waals surface area contributed by atoms with E-state index in [-0.39, 0.29) is 11.5 Å². The van der Waals surface area contributed by atoms with Crippen molar-refractivity contribution in [2.45, 2.75) is 64.5 Å². The lowest BCUT2D eigenvalue weighted by Crippen LogP contribution is -2.29. The lowest BCUT2D eigenvalue weighted by atomic mass is 10.1. The molecule has 2 aliphatic heterocycles. The number of likely N-dealkylation sites (tertiary alicyclic amines) is 1. The lowest BCUT2D eigenvalue weighted by Gasteiger charge is -2.25. The molecule has 168 valence electrons. The van der Waals surface area contributed by atoms with E-state index in [1.54, 1.807) is 18.2 Å². The molecule has 2 aliphatic rings. The maximum Gasteiger partial charge on any atom is 0.261 e. The van der Waals surface area contributed by atoms with Gasteiger partial charge in [-0.15, -0.1) is 11.3 Å². The van der Waals surface area contributed by atoms with Crippen LogP contribution in [0, 0.1) is 0 Å². The molecule has 1 N–H and O–H groups in total. The first kappa shape index (κ1) is 21.3. The van der Waals surface area contributed by atoms with Gasteiger partial charge in [-0.25, -0.2) is 9.97 Å². The third-order valence-corrected chi connectivity index (χ3v) is 7.24. The molecule has 8 heteroatoms. The molecule has 3 aromatic rings. The molecule has 2 aromatic heterocycles. The summed E-state index contributed by atoms with van der Waals surface area (Å²) in [5, 5.41) is 6.11. The Morgan fingerprint density at radius 3 is 2.66 bits per heavy atom. The number of nitrogens with zero attached hydrogens (tertiary/aromatic N) is 4. The SMILES string of the molecule is O=C(Nc1nc(CN2CCCCC2)cs1)c1ccc2c(=O)n3c(nc2c1)CCCCCC3. The van der Waals surface area contributed by atoms with Gasteiger partial charge in [0.15, 0.2) is 5.13 Å². The van der Waals surface area contributed by atoms with E-state index in [2.05, 4.69) is 15.2 Å². The zero-order valence-electron chi connectivity index (χ0n) is 18.3. The summed E-state index contributed by atoms with van der Waals surface area (Å²) in [5.41, 5.74) is 2.09. The molecule has 1 saturated heterocycles. The summed E-state index contributed by atoms with van der Waals surface area (Å²) < 4.78 is 1.82. The maximum atomic E-state index is 13.0. The molecular formula is C24H29N5O2S. The predicted octanol–water partition coefficient (Wildman–Crippen LogP) is 4.21. The Morgan fingerprint density at radius 2 is 1.78 bits per heavy atom. The largest absolute Gasteiger partial charge is 0.298 e. The summed E-state index contributed by atoms with van der Waals surface area (Å²) in [5.74, 6) is 0.612. The second kappa shape index (κ2) is 9.50. The van der Waals surface area contributed by atoms with Gasteiger partial charge in [0.2, 0.25) is 0 Å². The van der Waals surface area contributed by atoms with Crippen molar-refractivity contribution in [3.63, 3.8) is 0 Å². The van der Waals surface area contributed by atoms with Gasteiger partial charge in [-0.3, -0.25) is 24.4 Å². The highest BCUT2D eigenvalue weighted by atomic mass is 32.1. The molecular weight excluding hydrogens is 422 g/mol. The van der Waals surface area contributed by atoms with Crippen LogP contribution in [0.25, 0.3) is 10.9 Å². The summed E-state index contributed by atoms with van der Waals surface area (Å²) in [6.45, 7) is 3.80. The number of hydrogen-bond acceptors (Lipinski definition) is 6. The first-order chi connectivity index (χ1) is 15.7. The monoisotopic (exact) mass is 451 g/mol. The van der Waals surface area contributed by atoms with E-state index in [1.807, 2.05) is 9.95 Å². The van der Waals surface area contributed by atoms with E-state index in [0.717, 1.165) is 63.4 Å². The Balaban J connectivity index is 1.33. The second-order valence-corrected chi connectivity index (χ2v) is 9.67. The predicted molar refractivity (Wildman–Crippen MR) is 127 cm³/mol. The maximum absolute atomic E-state index is 13.0. The number of carbonyl (C=O) groups excluding carboxylic acids is 1. The molecule has 0 radical (unpaired) electrons. The van der Waals surface area contributed by atoms with Crippen molar-refractivity contribution in [1.82, 2.24) is 19.4 Å². The highest BCUT2D eigenvalue weighted by molar-refractivity contribution is 7.14. The van der Waals surface area contributed by atoms with Crippen molar-refractivity contribution in [3.8, 4) is 0 Å². The first-order valence-corrected chi connectivity index (χ1v) is 12.6. The molecule has 32 heavy (non-hydrogen) atoms. The number of fused-ring (bicyclic) bond motifs is 2. The summed E-state index contributed by atoms with van der Waals surface area (Å²) >= 11 is 1.45. The minimum atomic E-state index is -0.223. The van der Waals surface area contributed by atoms with Gasteiger partial charge >= 0.3 is 0 Å². The molecule has 7 nitrogen and oxygen atoms in total. The average Bonchev–Trinajstić information content (AvgIpc) is 3.22. The van der Waals surface area contributed by atoms with Crippen LogP contribution >= 0.6 is 11.3 Å². The number of thiazole rings is 1. The Hall–Kier alpha value is -2.58. The van der Waals surface area contributed by atoms with Crippen molar-refractivity contribution < 1.29 is 4.79 Å². The number of hydrogen-bond donors (Lipinski definition) is 1. The smallest absolute Gasteiger partial charge is 0.261 e. The molecule has 1 amide bonds. The van der Waals surface area contributed by atoms with Crippen molar-refractivity contribution in [2.24, 2.45) is 0 Å². The summed E-state index contributed by atoms with van der Waals surface area (Å²) in [4.78, 5) is 37.6. The van der Waals surface area contributed by atoms with E-state index in [1.165, 1.54) is 37.0 Å². The van der Waals surface area contributed by atoms with E-state index in [9.17, 15) is 9.59 Å². The number of aromatic nitrogens is 3. The van der Waals surface area contributed by atoms with E-state index >= 15 is 0 Å². The molecule has 0 bridgehead atoms. The van der Waals surface area contributed by atoms with E-state index in [4.69, 9.17) is 4.98 Å². The fourth-order valence-corrected chi connectivity index (χ4v) is 5.39. The van der Waals surface area contributed by atoms with Gasteiger partial charge in [0, 0.05) is 30.5 Å². The van der Waals surface area contributed by atoms with Crippen LogP contribution in [0.3, 0.4) is 0 Å². The zero-order chi connectivity index (χ0) is 21.9. The number of benzene rings is 1. The third-order valence-electron chi connectivity index (χ3n) is 6.44. The zero-order valence-corrected chi connectivity index (χ0v) is 19.1. The van der Waals surface area contributed by atoms with Crippen LogP contribution in [0.5, 0.6) is 0 Å². The van der Waals surface area contributed by atoms with Gasteiger partial charge < -0.3 is 0 Å². The highest BCUT2D eigenvalue weighted by Crippen LogP contribution is 2.21. The van der Waals surface area contributed by atoms with Gasteiger partial charge in [0.1, 0.15) is 5.82 Å². The topological polar surface area (TPSA) is 80.1 Å². The number of aryl methyl sites for hydroxylation is 1. The lowest BCUT2D eigenvalue weighted by molar-refractivity contribution is 0.102. The van der Waals surface area contributed by atoms with Crippen LogP contribution in [0.1, 0.15) is 66.8 Å². The average molecular weight is 452 g/mol. The number of nitrogens with one attached hydrogen (secondary N) is 1. The third kappa shape index (κ3) is 4.61. The molecule has 5 rings (SSSR count). The van der Waals surface area contributed by atoms with Gasteiger partial charge in [0.05, 0.1) is 16.6 Å². The minimum Gasteiger partial charge on any atom is -0.298 e. The van der Waals surface area contributed by atoms with Crippen LogP contribution < -0.4 is 10.9 Å². The summed E-state index contributed by atoms with van der Waals surface area (Å²) in [7, 11) is 0. The fraction of sp³-hybridized carbons (Fsp3) is 0.500. The van der Waals surface area contributed by atoms with E-state index < -0.39 is 0 Å². The standard InChI is InChI=1S/C24H29N5O2S/c30-22(27-24-25-18(16-32-24)15-28-11-5-3-6-12-28)17-9-10-19-20(14-17)26-21-8-4-1-2-7-13-29(21)23(19)31/h9-10,14,16H,1-8,11-13,15H2,(H,25,27,30). The number of amides is 1. The van der Waals surface area contributed by atoms with Crippen molar-refractivity contribution in [2.75, 3.05) is 18.4 Å². The molecule has 4 heterocycles. The van der Waals surface area contributed by atoms with Gasteiger partial charge in [-0.2, -0.15) is 0 Å². The summed E-state index contributed by atoms with van der Waals surface area (Å²) in [6.07, 6.45) is 8.98. The van der Waals surface area contributed by atoms with Crippen molar-refractivity contribution in [1.29, 1.82) is 0 Å². The molecule has 0 saturated carbocycles. The molecule has 1 fully saturated rings. The van der Waals surface area contributed by atoms with Crippen LogP contribution in [0.15, 0.2) is 28.4 Å². The van der Waals surface area contributed by atoms with E-state index in [0.29, 0.717) is 21.6 Å². The number of rotatable bonds is 4. The van der Waals surface area contributed by atoms with Crippen LogP contribution in [-0.2, 0) is 19.5 Å². The summed E-state index contributed by atoms with van der Waals surface area (Å²) in [6, 6.07) is 5.17. The molecule has 0 unspecified atom stereocenters. The van der Waals surface area contributed by atoms with Crippen LogP contribution in [-0.4, -0.2) is 38.4 Å². The molecule has 1 aromatic carbocycles. The number of carbonyl (C=O) groups is 1. The number of piperidine rings is 1. The highest BCUT2D eigenvalue weighted by Gasteiger charge is 2.17. The Labute approximate surface area is 191 Å².